The second kappa shape index (κ2) is 12.1. The molecule has 5 nitrogen and oxygen atoms in total. The smallest absolute Gasteiger partial charge is 0.337 e. The van der Waals surface area contributed by atoms with Crippen molar-refractivity contribution in [2.75, 3.05) is 17.2 Å². The first-order valence-electron chi connectivity index (χ1n) is 11.2. The van der Waals surface area contributed by atoms with Gasteiger partial charge in [0.25, 0.3) is 5.91 Å². The van der Waals surface area contributed by atoms with Crippen LogP contribution in [0.2, 0.25) is 0 Å². The predicted octanol–water partition coefficient (Wildman–Crippen LogP) is 6.03. The summed E-state index contributed by atoms with van der Waals surface area (Å²) in [6, 6.07) is 21.5. The molecule has 3 aromatic carbocycles. The Hall–Kier alpha value is -4.04. The van der Waals surface area contributed by atoms with E-state index in [1.54, 1.807) is 30.3 Å². The molecule has 0 heterocycles. The molecule has 0 aliphatic carbocycles. The summed E-state index contributed by atoms with van der Waals surface area (Å²) in [7, 11) is 0. The van der Waals surface area contributed by atoms with E-state index in [-0.39, 0.29) is 17.2 Å². The highest BCUT2D eigenvalue weighted by molar-refractivity contribution is 6.10. The van der Waals surface area contributed by atoms with Gasteiger partial charge in [-0.2, -0.15) is 0 Å². The molecule has 0 radical (unpaired) electrons. The number of amides is 1. The number of carboxylic acids is 1. The fraction of sp³-hybridized carbons (Fsp3) is 0.214. The Morgan fingerprint density at radius 1 is 0.788 bits per heavy atom. The first-order valence-corrected chi connectivity index (χ1v) is 11.2. The lowest BCUT2D eigenvalue weighted by Gasteiger charge is -2.14. The molecule has 0 aliphatic rings. The van der Waals surface area contributed by atoms with Crippen molar-refractivity contribution < 1.29 is 14.7 Å². The van der Waals surface area contributed by atoms with Gasteiger partial charge in [0.2, 0.25) is 0 Å². The average Bonchev–Trinajstić information content (AvgIpc) is 2.83. The van der Waals surface area contributed by atoms with Crippen LogP contribution < -0.4 is 10.6 Å². The lowest BCUT2D eigenvalue weighted by atomic mass is 10.1. The number of carbonyl (C=O) groups excluding carboxylic acids is 1. The maximum absolute atomic E-state index is 13.1. The Morgan fingerprint density at radius 2 is 1.52 bits per heavy atom. The molecule has 3 N–H and O–H groups in total. The molecule has 0 bridgehead atoms. The Balaban J connectivity index is 1.85. The highest BCUT2D eigenvalue weighted by Crippen LogP contribution is 2.22. The fourth-order valence-electron chi connectivity index (χ4n) is 3.38. The molecule has 0 spiro atoms. The largest absolute Gasteiger partial charge is 0.478 e. The summed E-state index contributed by atoms with van der Waals surface area (Å²) in [4.78, 5) is 24.5. The zero-order valence-corrected chi connectivity index (χ0v) is 18.7. The Bertz CT molecular complexity index is 1160. The van der Waals surface area contributed by atoms with Crippen LogP contribution in [0.5, 0.6) is 0 Å². The van der Waals surface area contributed by atoms with E-state index in [9.17, 15) is 14.7 Å². The van der Waals surface area contributed by atoms with Crippen LogP contribution in [0.1, 0.15) is 64.4 Å². The molecule has 0 fully saturated rings. The van der Waals surface area contributed by atoms with Gasteiger partial charge in [0.15, 0.2) is 0 Å². The third kappa shape index (κ3) is 6.98. The number of carboxylic acid groups (broad SMARTS) is 1. The average molecular weight is 441 g/mol. The van der Waals surface area contributed by atoms with Crippen LogP contribution in [0.25, 0.3) is 0 Å². The minimum Gasteiger partial charge on any atom is -0.478 e. The van der Waals surface area contributed by atoms with Gasteiger partial charge in [0.1, 0.15) is 0 Å². The van der Waals surface area contributed by atoms with Crippen molar-refractivity contribution in [1.29, 1.82) is 0 Å². The Labute approximate surface area is 194 Å². The van der Waals surface area contributed by atoms with E-state index in [0.29, 0.717) is 11.3 Å². The summed E-state index contributed by atoms with van der Waals surface area (Å²) in [6.45, 7) is 2.90. The maximum atomic E-state index is 13.1. The Kier molecular flexibility index (Phi) is 8.67. The summed E-state index contributed by atoms with van der Waals surface area (Å²) in [5.41, 5.74) is 3.13. The van der Waals surface area contributed by atoms with Crippen LogP contribution in [0.3, 0.4) is 0 Å². The van der Waals surface area contributed by atoms with Crippen molar-refractivity contribution >= 4 is 23.3 Å². The van der Waals surface area contributed by atoms with Gasteiger partial charge in [-0.15, -0.1) is 0 Å². The molecular weight excluding hydrogens is 412 g/mol. The molecule has 0 saturated heterocycles. The zero-order valence-electron chi connectivity index (χ0n) is 18.7. The molecule has 3 aromatic rings. The number of carbonyl (C=O) groups is 2. The van der Waals surface area contributed by atoms with Crippen LogP contribution >= 0.6 is 0 Å². The van der Waals surface area contributed by atoms with Crippen molar-refractivity contribution in [3.05, 3.63) is 95.1 Å². The van der Waals surface area contributed by atoms with Gasteiger partial charge in [-0.05, 0) is 48.9 Å². The number of anilines is 2. The molecule has 0 aliphatic heterocycles. The minimum absolute atomic E-state index is 0.0465. The van der Waals surface area contributed by atoms with E-state index >= 15 is 0 Å². The summed E-state index contributed by atoms with van der Waals surface area (Å²) in [6.07, 6.45) is 4.44. The van der Waals surface area contributed by atoms with Crippen LogP contribution in [-0.2, 0) is 0 Å². The fourth-order valence-corrected chi connectivity index (χ4v) is 3.38. The van der Waals surface area contributed by atoms with Crippen molar-refractivity contribution in [3.63, 3.8) is 0 Å². The molecular formula is C28H28N2O3. The number of hydrogen-bond acceptors (Lipinski definition) is 3. The number of rotatable bonds is 9. The van der Waals surface area contributed by atoms with Crippen molar-refractivity contribution in [2.45, 2.75) is 32.6 Å². The predicted molar refractivity (Wildman–Crippen MR) is 133 cm³/mol. The number of hydrogen-bond donors (Lipinski definition) is 3. The quantitative estimate of drug-likeness (QED) is 0.280. The molecule has 3 rings (SSSR count). The normalized spacial score (nSPS) is 10.1. The molecule has 0 unspecified atom stereocenters. The van der Waals surface area contributed by atoms with Gasteiger partial charge >= 0.3 is 5.97 Å². The van der Waals surface area contributed by atoms with E-state index < -0.39 is 5.97 Å². The van der Waals surface area contributed by atoms with Gasteiger partial charge < -0.3 is 15.7 Å². The second-order valence-corrected chi connectivity index (χ2v) is 7.67. The van der Waals surface area contributed by atoms with Gasteiger partial charge in [-0.3, -0.25) is 4.79 Å². The lowest BCUT2D eigenvalue weighted by Crippen LogP contribution is -2.17. The SMILES string of the molecule is CCCCCCNc1cc(C#Cc2ccccc2)ccc1C(=O)Nc1ccccc1C(=O)O. The van der Waals surface area contributed by atoms with E-state index in [4.69, 9.17) is 0 Å². The second-order valence-electron chi connectivity index (χ2n) is 7.67. The highest BCUT2D eigenvalue weighted by Gasteiger charge is 2.16. The van der Waals surface area contributed by atoms with Crippen LogP contribution in [0.4, 0.5) is 11.4 Å². The summed E-state index contributed by atoms with van der Waals surface area (Å²) < 4.78 is 0. The summed E-state index contributed by atoms with van der Waals surface area (Å²) in [5, 5.41) is 15.5. The summed E-state index contributed by atoms with van der Waals surface area (Å²) >= 11 is 0. The van der Waals surface area contributed by atoms with Gasteiger partial charge in [-0.25, -0.2) is 4.79 Å². The highest BCUT2D eigenvalue weighted by atomic mass is 16.4. The first-order chi connectivity index (χ1) is 16.1. The van der Waals surface area contributed by atoms with Gasteiger partial charge in [-0.1, -0.05) is 68.4 Å². The van der Waals surface area contributed by atoms with Crippen molar-refractivity contribution in [1.82, 2.24) is 0 Å². The molecule has 1 amide bonds. The third-order valence-electron chi connectivity index (χ3n) is 5.14. The van der Waals surface area contributed by atoms with Crippen molar-refractivity contribution in [2.24, 2.45) is 0 Å². The van der Waals surface area contributed by atoms with Crippen LogP contribution in [0.15, 0.2) is 72.8 Å². The molecule has 0 saturated carbocycles. The maximum Gasteiger partial charge on any atom is 0.337 e. The number of nitrogens with one attached hydrogen (secondary N) is 2. The van der Waals surface area contributed by atoms with E-state index in [0.717, 1.165) is 36.9 Å². The van der Waals surface area contributed by atoms with E-state index in [1.807, 2.05) is 36.4 Å². The minimum atomic E-state index is -1.09. The number of para-hydroxylation sites is 1. The zero-order chi connectivity index (χ0) is 23.5. The monoisotopic (exact) mass is 440 g/mol. The standard InChI is InChI=1S/C28H28N2O3/c1-2-3-4-10-19-29-26-20-22(16-15-21-11-6-5-7-12-21)17-18-23(26)27(31)30-25-14-9-8-13-24(25)28(32)33/h5-9,11-14,17-18,20,29H,2-4,10,19H2,1H3,(H,30,31)(H,32,33). The molecule has 168 valence electrons. The van der Waals surface area contributed by atoms with E-state index in [1.165, 1.54) is 12.5 Å². The van der Waals surface area contributed by atoms with Gasteiger partial charge in [0.05, 0.1) is 16.8 Å². The number of benzene rings is 3. The Morgan fingerprint density at radius 3 is 2.27 bits per heavy atom. The lowest BCUT2D eigenvalue weighted by molar-refractivity contribution is 0.0698. The van der Waals surface area contributed by atoms with Crippen LogP contribution in [0, 0.1) is 11.8 Å². The first kappa shape index (κ1) is 23.6. The molecule has 5 heteroatoms. The van der Waals surface area contributed by atoms with Crippen molar-refractivity contribution in [3.8, 4) is 11.8 Å². The van der Waals surface area contributed by atoms with Crippen LogP contribution in [-0.4, -0.2) is 23.5 Å². The number of aromatic carboxylic acids is 1. The molecule has 33 heavy (non-hydrogen) atoms. The molecule has 0 atom stereocenters. The molecule has 0 aromatic heterocycles. The van der Waals surface area contributed by atoms with E-state index in [2.05, 4.69) is 29.4 Å². The summed E-state index contributed by atoms with van der Waals surface area (Å²) in [5.74, 6) is 4.83. The number of unbranched alkanes of at least 4 members (excludes halogenated alkanes) is 3. The topological polar surface area (TPSA) is 78.4 Å². The third-order valence-corrected chi connectivity index (χ3v) is 5.14. The van der Waals surface area contributed by atoms with Gasteiger partial charge in [0, 0.05) is 23.4 Å².